The number of ketones is 1. The van der Waals surface area contributed by atoms with Crippen LogP contribution in [0.4, 0.5) is 4.39 Å². The molecule has 1 aliphatic rings. The lowest BCUT2D eigenvalue weighted by Gasteiger charge is -2.13. The maximum absolute atomic E-state index is 13.2. The Bertz CT molecular complexity index is 788. The van der Waals surface area contributed by atoms with E-state index in [1.165, 1.54) is 16.5 Å². The number of hydrogen-bond donors (Lipinski definition) is 0. The number of rotatable bonds is 7. The first-order valence-electron chi connectivity index (χ1n) is 8.91. The first kappa shape index (κ1) is 19.4. The molecular weight excluding hydrogens is 371 g/mol. The zero-order valence-corrected chi connectivity index (χ0v) is 16.3. The highest BCUT2D eigenvalue weighted by atomic mass is 35.5. The van der Waals surface area contributed by atoms with Crippen LogP contribution in [0.2, 0.25) is 5.02 Å². The Kier molecular flexibility index (Phi) is 6.74. The van der Waals surface area contributed by atoms with Crippen molar-refractivity contribution >= 4 is 29.1 Å². The van der Waals surface area contributed by atoms with Crippen LogP contribution in [-0.2, 0) is 17.6 Å². The predicted octanol–water partition coefficient (Wildman–Crippen LogP) is 5.74. The fourth-order valence-corrected chi connectivity index (χ4v) is 4.51. The van der Waals surface area contributed by atoms with Crippen molar-refractivity contribution in [1.29, 1.82) is 0 Å². The highest BCUT2D eigenvalue weighted by Gasteiger charge is 2.19. The molecule has 1 aliphatic heterocycles. The first-order valence-corrected chi connectivity index (χ1v) is 10.2. The van der Waals surface area contributed by atoms with Crippen molar-refractivity contribution < 1.29 is 13.9 Å². The number of thioether (sulfide) groups is 1. The summed E-state index contributed by atoms with van der Waals surface area (Å²) in [6, 6.07) is 10.6. The minimum atomic E-state index is -0.436. The average molecular weight is 393 g/mol. The summed E-state index contributed by atoms with van der Waals surface area (Å²) in [7, 11) is 0. The van der Waals surface area contributed by atoms with Crippen LogP contribution in [0, 0.1) is 5.82 Å². The van der Waals surface area contributed by atoms with E-state index in [1.54, 1.807) is 12.1 Å². The van der Waals surface area contributed by atoms with Gasteiger partial charge in [0.2, 0.25) is 0 Å². The SMILES string of the molecule is CCc1ccc(C(=O)CCc2ccc(F)c(Cl)c2)cc1SC1CCOC1. The van der Waals surface area contributed by atoms with E-state index >= 15 is 0 Å². The third-order valence-electron chi connectivity index (χ3n) is 4.58. The number of halogens is 2. The summed E-state index contributed by atoms with van der Waals surface area (Å²) in [4.78, 5) is 13.8. The second-order valence-electron chi connectivity index (χ2n) is 6.45. The molecule has 5 heteroatoms. The molecule has 2 aromatic rings. The zero-order chi connectivity index (χ0) is 18.5. The Morgan fingerprint density at radius 1 is 1.31 bits per heavy atom. The number of benzene rings is 2. The summed E-state index contributed by atoms with van der Waals surface area (Å²) in [5.41, 5.74) is 2.87. The summed E-state index contributed by atoms with van der Waals surface area (Å²) in [5, 5.41) is 0.562. The molecule has 0 aromatic heterocycles. The molecule has 0 spiro atoms. The van der Waals surface area contributed by atoms with Crippen LogP contribution < -0.4 is 0 Å². The van der Waals surface area contributed by atoms with Crippen LogP contribution in [0.5, 0.6) is 0 Å². The van der Waals surface area contributed by atoms with Gasteiger partial charge < -0.3 is 4.74 Å². The van der Waals surface area contributed by atoms with Gasteiger partial charge in [-0.2, -0.15) is 0 Å². The molecule has 0 bridgehead atoms. The third kappa shape index (κ3) is 4.87. The molecule has 1 fully saturated rings. The van der Waals surface area contributed by atoms with Crippen LogP contribution in [0.3, 0.4) is 0 Å². The van der Waals surface area contributed by atoms with Crippen molar-refractivity contribution in [2.24, 2.45) is 0 Å². The second kappa shape index (κ2) is 9.03. The van der Waals surface area contributed by atoms with E-state index in [-0.39, 0.29) is 10.8 Å². The van der Waals surface area contributed by atoms with Crippen molar-refractivity contribution in [3.05, 3.63) is 63.9 Å². The highest BCUT2D eigenvalue weighted by Crippen LogP contribution is 2.32. The molecule has 138 valence electrons. The van der Waals surface area contributed by atoms with Gasteiger partial charge in [0, 0.05) is 28.7 Å². The van der Waals surface area contributed by atoms with Gasteiger partial charge in [0.1, 0.15) is 5.82 Å². The zero-order valence-electron chi connectivity index (χ0n) is 14.8. The summed E-state index contributed by atoms with van der Waals surface area (Å²) in [6.07, 6.45) is 2.92. The van der Waals surface area contributed by atoms with Gasteiger partial charge in [-0.15, -0.1) is 11.8 Å². The molecule has 1 atom stereocenters. The molecule has 2 aromatic carbocycles. The average Bonchev–Trinajstić information content (AvgIpc) is 3.15. The maximum atomic E-state index is 13.2. The maximum Gasteiger partial charge on any atom is 0.163 e. The molecule has 1 unspecified atom stereocenters. The monoisotopic (exact) mass is 392 g/mol. The summed E-state index contributed by atoms with van der Waals surface area (Å²) >= 11 is 7.62. The number of carbonyl (C=O) groups is 1. The molecule has 3 rings (SSSR count). The summed E-state index contributed by atoms with van der Waals surface area (Å²) < 4.78 is 18.7. The highest BCUT2D eigenvalue weighted by molar-refractivity contribution is 8.00. The van der Waals surface area contributed by atoms with Gasteiger partial charge in [-0.3, -0.25) is 4.79 Å². The minimum Gasteiger partial charge on any atom is -0.380 e. The number of carbonyl (C=O) groups excluding carboxylic acids is 1. The fraction of sp³-hybridized carbons (Fsp3) is 0.381. The van der Waals surface area contributed by atoms with Crippen molar-refractivity contribution in [3.63, 3.8) is 0 Å². The van der Waals surface area contributed by atoms with E-state index in [0.717, 1.165) is 37.2 Å². The number of hydrogen-bond acceptors (Lipinski definition) is 3. The molecule has 0 aliphatic carbocycles. The number of aryl methyl sites for hydroxylation is 2. The van der Waals surface area contributed by atoms with Crippen LogP contribution >= 0.6 is 23.4 Å². The molecule has 2 nitrogen and oxygen atoms in total. The van der Waals surface area contributed by atoms with Crippen LogP contribution in [-0.4, -0.2) is 24.2 Å². The van der Waals surface area contributed by atoms with E-state index in [2.05, 4.69) is 13.0 Å². The lowest BCUT2D eigenvalue weighted by molar-refractivity contribution is 0.0982. The standard InChI is InChI=1S/C21H22ClFO2S/c1-2-15-5-6-16(12-21(15)26-17-9-10-25-13-17)20(24)8-4-14-3-7-19(23)18(22)11-14/h3,5-7,11-12,17H,2,4,8-10,13H2,1H3. The topological polar surface area (TPSA) is 26.3 Å². The van der Waals surface area contributed by atoms with Gasteiger partial charge in [-0.1, -0.05) is 36.7 Å². The molecule has 1 saturated heterocycles. The third-order valence-corrected chi connectivity index (χ3v) is 6.21. The van der Waals surface area contributed by atoms with E-state index in [1.807, 2.05) is 23.9 Å². The van der Waals surface area contributed by atoms with E-state index in [9.17, 15) is 9.18 Å². The van der Waals surface area contributed by atoms with Crippen molar-refractivity contribution in [2.75, 3.05) is 13.2 Å². The van der Waals surface area contributed by atoms with Gasteiger partial charge in [-0.05, 0) is 48.6 Å². The number of Topliss-reactive ketones (excluding diaryl/α,β-unsaturated/α-hetero) is 1. The lowest BCUT2D eigenvalue weighted by Crippen LogP contribution is -2.05. The molecule has 0 saturated carbocycles. The van der Waals surface area contributed by atoms with Crippen LogP contribution in [0.15, 0.2) is 41.3 Å². The van der Waals surface area contributed by atoms with Crippen LogP contribution in [0.1, 0.15) is 41.3 Å². The Balaban J connectivity index is 1.68. The normalized spacial score (nSPS) is 16.8. The molecule has 1 heterocycles. The van der Waals surface area contributed by atoms with E-state index in [0.29, 0.717) is 18.1 Å². The summed E-state index contributed by atoms with van der Waals surface area (Å²) in [5.74, 6) is -0.341. The summed E-state index contributed by atoms with van der Waals surface area (Å²) in [6.45, 7) is 3.72. The second-order valence-corrected chi connectivity index (χ2v) is 8.20. The van der Waals surface area contributed by atoms with Crippen molar-refractivity contribution in [2.45, 2.75) is 42.8 Å². The first-order chi connectivity index (χ1) is 12.6. The Labute approximate surface area is 163 Å². The van der Waals surface area contributed by atoms with Gasteiger partial charge >= 0.3 is 0 Å². The van der Waals surface area contributed by atoms with Gasteiger partial charge in [0.15, 0.2) is 5.78 Å². The van der Waals surface area contributed by atoms with Gasteiger partial charge in [0.05, 0.1) is 11.6 Å². The van der Waals surface area contributed by atoms with E-state index in [4.69, 9.17) is 16.3 Å². The van der Waals surface area contributed by atoms with Crippen molar-refractivity contribution in [1.82, 2.24) is 0 Å². The van der Waals surface area contributed by atoms with Crippen LogP contribution in [0.25, 0.3) is 0 Å². The Morgan fingerprint density at radius 3 is 2.85 bits per heavy atom. The molecule has 0 N–H and O–H groups in total. The quantitative estimate of drug-likeness (QED) is 0.562. The Hall–Kier alpha value is -1.36. The number of ether oxygens (including phenoxy) is 1. The molecule has 0 amide bonds. The smallest absolute Gasteiger partial charge is 0.163 e. The Morgan fingerprint density at radius 2 is 2.15 bits per heavy atom. The fourth-order valence-electron chi connectivity index (χ4n) is 3.01. The van der Waals surface area contributed by atoms with Gasteiger partial charge in [-0.25, -0.2) is 4.39 Å². The molecular formula is C21H22ClFO2S. The lowest BCUT2D eigenvalue weighted by atomic mass is 10.0. The minimum absolute atomic E-state index is 0.0950. The molecule has 26 heavy (non-hydrogen) atoms. The molecule has 0 radical (unpaired) electrons. The van der Waals surface area contributed by atoms with Gasteiger partial charge in [0.25, 0.3) is 0 Å². The largest absolute Gasteiger partial charge is 0.380 e. The van der Waals surface area contributed by atoms with Crippen molar-refractivity contribution in [3.8, 4) is 0 Å². The predicted molar refractivity (Wildman–Crippen MR) is 105 cm³/mol. The van der Waals surface area contributed by atoms with E-state index < -0.39 is 5.82 Å².